The Morgan fingerprint density at radius 1 is 1.35 bits per heavy atom. The lowest BCUT2D eigenvalue weighted by Crippen LogP contribution is -2.16. The van der Waals surface area contributed by atoms with Crippen molar-refractivity contribution in [2.24, 2.45) is 0 Å². The summed E-state index contributed by atoms with van der Waals surface area (Å²) in [5.74, 6) is 0.0449. The first-order valence-electron chi connectivity index (χ1n) is 5.28. The van der Waals surface area contributed by atoms with Crippen LogP contribution in [0, 0.1) is 5.82 Å². The Morgan fingerprint density at radius 3 is 2.59 bits per heavy atom. The third-order valence-corrected chi connectivity index (χ3v) is 2.64. The number of hydrogen-bond donors (Lipinski definition) is 0. The highest BCUT2D eigenvalue weighted by Crippen LogP contribution is 2.24. The maximum absolute atomic E-state index is 12.8. The molecule has 1 heterocycles. The Bertz CT molecular complexity index is 484. The molecule has 90 valence electrons. The molecule has 0 spiro atoms. The van der Waals surface area contributed by atoms with Gasteiger partial charge in [-0.25, -0.2) is 4.39 Å². The van der Waals surface area contributed by atoms with Crippen molar-refractivity contribution >= 4 is 23.3 Å². The summed E-state index contributed by atoms with van der Waals surface area (Å²) in [7, 11) is 0. The molecule has 0 saturated carbocycles. The number of halogens is 2. The molecular formula is C12H12ClFN2O. The standard InChI is InChI=1S/C12H12ClFN2O/c1-2-16(11-5-3-9(14)4-6-11)12-15-10(7-13)8-17-12/h3-6,8H,2,7H2,1H3. The number of nitrogens with zero attached hydrogens (tertiary/aromatic N) is 2. The minimum absolute atomic E-state index is 0.265. The number of anilines is 2. The lowest BCUT2D eigenvalue weighted by Gasteiger charge is -2.18. The van der Waals surface area contributed by atoms with Crippen LogP contribution < -0.4 is 4.90 Å². The molecule has 0 unspecified atom stereocenters. The molecular weight excluding hydrogens is 243 g/mol. The topological polar surface area (TPSA) is 29.3 Å². The first-order valence-corrected chi connectivity index (χ1v) is 5.81. The van der Waals surface area contributed by atoms with Crippen LogP contribution in [0.3, 0.4) is 0 Å². The van der Waals surface area contributed by atoms with Crippen LogP contribution in [-0.2, 0) is 5.88 Å². The summed E-state index contributed by atoms with van der Waals surface area (Å²) < 4.78 is 18.2. The Morgan fingerprint density at radius 2 is 2.06 bits per heavy atom. The smallest absolute Gasteiger partial charge is 0.302 e. The van der Waals surface area contributed by atoms with Gasteiger partial charge >= 0.3 is 6.01 Å². The molecule has 0 radical (unpaired) electrons. The molecule has 2 rings (SSSR count). The highest BCUT2D eigenvalue weighted by molar-refractivity contribution is 6.16. The molecule has 0 aliphatic rings. The van der Waals surface area contributed by atoms with E-state index in [2.05, 4.69) is 4.98 Å². The van der Waals surface area contributed by atoms with Crippen LogP contribution >= 0.6 is 11.6 Å². The fraction of sp³-hybridized carbons (Fsp3) is 0.250. The minimum Gasteiger partial charge on any atom is -0.431 e. The average Bonchev–Trinajstić information content (AvgIpc) is 2.81. The average molecular weight is 255 g/mol. The van der Waals surface area contributed by atoms with Gasteiger partial charge in [0, 0.05) is 12.2 Å². The van der Waals surface area contributed by atoms with Crippen LogP contribution in [0.15, 0.2) is 34.9 Å². The monoisotopic (exact) mass is 254 g/mol. The van der Waals surface area contributed by atoms with Gasteiger partial charge in [-0.3, -0.25) is 4.90 Å². The van der Waals surface area contributed by atoms with Gasteiger partial charge in [-0.1, -0.05) is 0 Å². The van der Waals surface area contributed by atoms with Crippen molar-refractivity contribution < 1.29 is 8.81 Å². The van der Waals surface area contributed by atoms with E-state index in [1.165, 1.54) is 18.4 Å². The number of rotatable bonds is 4. The van der Waals surface area contributed by atoms with Gasteiger partial charge in [0.15, 0.2) is 0 Å². The van der Waals surface area contributed by atoms with Crippen molar-refractivity contribution in [1.82, 2.24) is 4.98 Å². The summed E-state index contributed by atoms with van der Waals surface area (Å²) in [6.45, 7) is 2.64. The van der Waals surface area contributed by atoms with E-state index in [1.807, 2.05) is 11.8 Å². The van der Waals surface area contributed by atoms with Gasteiger partial charge in [-0.2, -0.15) is 4.98 Å². The summed E-state index contributed by atoms with van der Waals surface area (Å²) in [6, 6.07) is 6.65. The van der Waals surface area contributed by atoms with E-state index in [-0.39, 0.29) is 5.82 Å². The van der Waals surface area contributed by atoms with E-state index >= 15 is 0 Å². The molecule has 0 atom stereocenters. The van der Waals surface area contributed by atoms with Gasteiger partial charge in [0.05, 0.1) is 11.6 Å². The molecule has 0 N–H and O–H groups in total. The molecule has 3 nitrogen and oxygen atoms in total. The number of aromatic nitrogens is 1. The summed E-state index contributed by atoms with van der Waals surface area (Å²) in [4.78, 5) is 6.08. The summed E-state index contributed by atoms with van der Waals surface area (Å²) >= 11 is 5.66. The predicted molar refractivity (Wildman–Crippen MR) is 65.1 cm³/mol. The van der Waals surface area contributed by atoms with Crippen molar-refractivity contribution in [3.8, 4) is 0 Å². The molecule has 0 saturated heterocycles. The molecule has 1 aromatic heterocycles. The number of alkyl halides is 1. The Hall–Kier alpha value is -1.55. The van der Waals surface area contributed by atoms with Crippen LogP contribution in [0.25, 0.3) is 0 Å². The van der Waals surface area contributed by atoms with Crippen molar-refractivity contribution in [1.29, 1.82) is 0 Å². The summed E-state index contributed by atoms with van der Waals surface area (Å²) in [6.07, 6.45) is 1.52. The zero-order valence-corrected chi connectivity index (χ0v) is 10.1. The largest absolute Gasteiger partial charge is 0.431 e. The van der Waals surface area contributed by atoms with Crippen molar-refractivity contribution in [2.45, 2.75) is 12.8 Å². The van der Waals surface area contributed by atoms with Crippen LogP contribution in [0.2, 0.25) is 0 Å². The van der Waals surface area contributed by atoms with E-state index in [9.17, 15) is 4.39 Å². The second-order valence-corrected chi connectivity index (χ2v) is 3.74. The maximum Gasteiger partial charge on any atom is 0.302 e. The molecule has 0 fully saturated rings. The quantitative estimate of drug-likeness (QED) is 0.779. The van der Waals surface area contributed by atoms with Gasteiger partial charge in [0.1, 0.15) is 12.1 Å². The van der Waals surface area contributed by atoms with Crippen molar-refractivity contribution in [2.75, 3.05) is 11.4 Å². The van der Waals surface area contributed by atoms with Crippen molar-refractivity contribution in [3.05, 3.63) is 42.0 Å². The lowest BCUT2D eigenvalue weighted by molar-refractivity contribution is 0.554. The second kappa shape index (κ2) is 5.19. The molecule has 0 amide bonds. The Labute approximate surface area is 104 Å². The third-order valence-electron chi connectivity index (χ3n) is 2.36. The number of hydrogen-bond acceptors (Lipinski definition) is 3. The van der Waals surface area contributed by atoms with Gasteiger partial charge in [0.2, 0.25) is 0 Å². The van der Waals surface area contributed by atoms with Gasteiger partial charge in [-0.15, -0.1) is 11.6 Å². The van der Waals surface area contributed by atoms with Gasteiger partial charge in [-0.05, 0) is 31.2 Å². The number of benzene rings is 1. The fourth-order valence-electron chi connectivity index (χ4n) is 1.53. The Kier molecular flexibility index (Phi) is 3.64. The molecule has 17 heavy (non-hydrogen) atoms. The molecule has 5 heteroatoms. The van der Waals surface area contributed by atoms with Gasteiger partial charge < -0.3 is 4.42 Å². The van der Waals surface area contributed by atoms with Crippen LogP contribution in [0.5, 0.6) is 0 Å². The van der Waals surface area contributed by atoms with Crippen molar-refractivity contribution in [3.63, 3.8) is 0 Å². The van der Waals surface area contributed by atoms with Crippen LogP contribution in [0.1, 0.15) is 12.6 Å². The third kappa shape index (κ3) is 2.58. The maximum atomic E-state index is 12.8. The first kappa shape index (κ1) is 11.9. The zero-order chi connectivity index (χ0) is 12.3. The van der Waals surface area contributed by atoms with E-state index < -0.39 is 0 Å². The fourth-order valence-corrected chi connectivity index (χ4v) is 1.65. The van der Waals surface area contributed by atoms with Crippen LogP contribution in [0.4, 0.5) is 16.1 Å². The highest BCUT2D eigenvalue weighted by Gasteiger charge is 2.13. The van der Waals surface area contributed by atoms with E-state index in [1.54, 1.807) is 12.1 Å². The number of oxazole rings is 1. The van der Waals surface area contributed by atoms with Crippen LogP contribution in [-0.4, -0.2) is 11.5 Å². The normalized spacial score (nSPS) is 10.5. The van der Waals surface area contributed by atoms with E-state index in [0.29, 0.717) is 24.1 Å². The molecule has 0 aliphatic heterocycles. The molecule has 2 aromatic rings. The van der Waals surface area contributed by atoms with Gasteiger partial charge in [0.25, 0.3) is 0 Å². The predicted octanol–water partition coefficient (Wildman–Crippen LogP) is 3.71. The highest BCUT2D eigenvalue weighted by atomic mass is 35.5. The molecule has 0 aliphatic carbocycles. The minimum atomic E-state index is -0.265. The Balaban J connectivity index is 2.29. The first-order chi connectivity index (χ1) is 8.24. The summed E-state index contributed by atoms with van der Waals surface area (Å²) in [5, 5.41) is 0. The van der Waals surface area contributed by atoms with E-state index in [0.717, 1.165) is 5.69 Å². The lowest BCUT2D eigenvalue weighted by atomic mass is 10.3. The molecule has 0 bridgehead atoms. The zero-order valence-electron chi connectivity index (χ0n) is 9.36. The summed E-state index contributed by atoms with van der Waals surface area (Å²) in [5.41, 5.74) is 1.51. The second-order valence-electron chi connectivity index (χ2n) is 3.48. The SMILES string of the molecule is CCN(c1ccc(F)cc1)c1nc(CCl)co1. The van der Waals surface area contributed by atoms with E-state index in [4.69, 9.17) is 16.0 Å². The molecule has 1 aromatic carbocycles.